The summed E-state index contributed by atoms with van der Waals surface area (Å²) >= 11 is 0. The first-order valence-electron chi connectivity index (χ1n) is 9.51. The van der Waals surface area contributed by atoms with Gasteiger partial charge in [0.05, 0.1) is 17.1 Å². The van der Waals surface area contributed by atoms with Crippen molar-refractivity contribution in [3.8, 4) is 22.6 Å². The zero-order valence-corrected chi connectivity index (χ0v) is 16.0. The van der Waals surface area contributed by atoms with Gasteiger partial charge < -0.3 is 10.5 Å². The molecule has 1 amide bonds. The molecule has 0 bridgehead atoms. The molecule has 2 aromatic carbocycles. The third kappa shape index (κ3) is 3.02. The Hall–Kier alpha value is -3.67. The van der Waals surface area contributed by atoms with Crippen LogP contribution >= 0.6 is 0 Å². The molecule has 5 rings (SSSR count). The minimum Gasteiger partial charge on any atom is -0.457 e. The SMILES string of the molecule is Cn1cc(-c2ccc3c(Oc4ccc(C5(C(N)=O)CC5)cc4)ccnc3c2)cn1. The lowest BCUT2D eigenvalue weighted by atomic mass is 9.95. The highest BCUT2D eigenvalue weighted by Gasteiger charge is 2.49. The van der Waals surface area contributed by atoms with E-state index in [1.54, 1.807) is 10.9 Å². The molecule has 0 radical (unpaired) electrons. The van der Waals surface area contributed by atoms with Crippen molar-refractivity contribution < 1.29 is 9.53 Å². The molecule has 1 aliphatic carbocycles. The molecular weight excluding hydrogens is 364 g/mol. The molecule has 2 N–H and O–H groups in total. The van der Waals surface area contributed by atoms with E-state index < -0.39 is 5.41 Å². The third-order valence-electron chi connectivity index (χ3n) is 5.60. The number of primary amides is 1. The van der Waals surface area contributed by atoms with E-state index in [1.165, 1.54) is 0 Å². The molecule has 0 saturated heterocycles. The van der Waals surface area contributed by atoms with E-state index in [0.29, 0.717) is 5.75 Å². The molecule has 6 heteroatoms. The highest BCUT2D eigenvalue weighted by Crippen LogP contribution is 2.48. The van der Waals surface area contributed by atoms with Gasteiger partial charge in [0, 0.05) is 30.4 Å². The van der Waals surface area contributed by atoms with Crippen LogP contribution in [0.1, 0.15) is 18.4 Å². The number of pyridine rings is 1. The molecule has 0 spiro atoms. The number of hydrogen-bond acceptors (Lipinski definition) is 4. The van der Waals surface area contributed by atoms with Crippen molar-refractivity contribution in [1.29, 1.82) is 0 Å². The van der Waals surface area contributed by atoms with Gasteiger partial charge >= 0.3 is 0 Å². The number of aryl methyl sites for hydroxylation is 1. The Kier molecular flexibility index (Phi) is 3.87. The molecule has 144 valence electrons. The highest BCUT2D eigenvalue weighted by molar-refractivity contribution is 5.90. The molecule has 4 aromatic rings. The second kappa shape index (κ2) is 6.44. The van der Waals surface area contributed by atoms with Gasteiger partial charge in [-0.1, -0.05) is 18.2 Å². The van der Waals surface area contributed by atoms with Gasteiger partial charge in [-0.15, -0.1) is 0 Å². The Labute approximate surface area is 167 Å². The maximum absolute atomic E-state index is 11.7. The number of nitrogens with two attached hydrogens (primary N) is 1. The normalized spacial score (nSPS) is 14.7. The van der Waals surface area contributed by atoms with Gasteiger partial charge in [-0.05, 0) is 54.3 Å². The molecule has 0 atom stereocenters. The molecule has 1 fully saturated rings. The molecular formula is C23H20N4O2. The number of nitrogens with zero attached hydrogens (tertiary/aromatic N) is 3. The maximum Gasteiger partial charge on any atom is 0.228 e. The standard InChI is InChI=1S/C23H20N4O2/c1-27-14-16(13-26-27)15-2-7-19-20(12-15)25-11-8-21(19)29-18-5-3-17(4-6-18)23(9-10-23)22(24)28/h2-8,11-14H,9-10H2,1H3,(H2,24,28). The van der Waals surface area contributed by atoms with Crippen LogP contribution in [0.15, 0.2) is 67.1 Å². The number of fused-ring (bicyclic) bond motifs is 1. The quantitative estimate of drug-likeness (QED) is 0.565. The largest absolute Gasteiger partial charge is 0.457 e. The topological polar surface area (TPSA) is 83.0 Å². The Morgan fingerprint density at radius 1 is 1.10 bits per heavy atom. The van der Waals surface area contributed by atoms with Crippen LogP contribution in [-0.2, 0) is 17.3 Å². The fraction of sp³-hybridized carbons (Fsp3) is 0.174. The van der Waals surface area contributed by atoms with Crippen LogP contribution in [0.5, 0.6) is 11.5 Å². The van der Waals surface area contributed by atoms with Crippen molar-refractivity contribution in [3.05, 3.63) is 72.7 Å². The number of ether oxygens (including phenoxy) is 1. The van der Waals surface area contributed by atoms with E-state index in [2.05, 4.69) is 10.1 Å². The zero-order valence-electron chi connectivity index (χ0n) is 16.0. The minimum absolute atomic E-state index is 0.254. The lowest BCUT2D eigenvalue weighted by molar-refractivity contribution is -0.120. The molecule has 1 aliphatic rings. The second-order valence-electron chi connectivity index (χ2n) is 7.52. The smallest absolute Gasteiger partial charge is 0.228 e. The van der Waals surface area contributed by atoms with Crippen molar-refractivity contribution >= 4 is 16.8 Å². The van der Waals surface area contributed by atoms with Gasteiger partial charge in [0.25, 0.3) is 0 Å². The van der Waals surface area contributed by atoms with Crippen LogP contribution in [0.3, 0.4) is 0 Å². The molecule has 6 nitrogen and oxygen atoms in total. The first kappa shape index (κ1) is 17.4. The van der Waals surface area contributed by atoms with E-state index in [0.717, 1.165) is 46.2 Å². The number of aromatic nitrogens is 3. The summed E-state index contributed by atoms with van der Waals surface area (Å²) in [4.78, 5) is 16.2. The summed E-state index contributed by atoms with van der Waals surface area (Å²) in [7, 11) is 1.90. The van der Waals surface area contributed by atoms with Crippen LogP contribution in [0, 0.1) is 0 Å². The summed E-state index contributed by atoms with van der Waals surface area (Å²) in [6.45, 7) is 0. The Bertz CT molecular complexity index is 1220. The number of carbonyl (C=O) groups is 1. The lowest BCUT2D eigenvalue weighted by Gasteiger charge is -2.13. The van der Waals surface area contributed by atoms with E-state index in [-0.39, 0.29) is 5.91 Å². The Morgan fingerprint density at radius 2 is 1.90 bits per heavy atom. The van der Waals surface area contributed by atoms with E-state index >= 15 is 0 Å². The van der Waals surface area contributed by atoms with Gasteiger partial charge in [-0.25, -0.2) is 0 Å². The van der Waals surface area contributed by atoms with Gasteiger partial charge in [0.15, 0.2) is 0 Å². The molecule has 0 unspecified atom stereocenters. The Balaban J connectivity index is 1.44. The first-order valence-corrected chi connectivity index (χ1v) is 9.51. The van der Waals surface area contributed by atoms with E-state index in [1.807, 2.05) is 68.0 Å². The van der Waals surface area contributed by atoms with E-state index in [9.17, 15) is 4.79 Å². The molecule has 0 aliphatic heterocycles. The van der Waals surface area contributed by atoms with Crippen molar-refractivity contribution in [3.63, 3.8) is 0 Å². The van der Waals surface area contributed by atoms with Crippen LogP contribution in [0.25, 0.3) is 22.0 Å². The number of rotatable bonds is 5. The third-order valence-corrected chi connectivity index (χ3v) is 5.60. The highest BCUT2D eigenvalue weighted by atomic mass is 16.5. The van der Waals surface area contributed by atoms with Gasteiger partial charge in [0.2, 0.25) is 5.91 Å². The number of benzene rings is 2. The molecule has 29 heavy (non-hydrogen) atoms. The maximum atomic E-state index is 11.7. The monoisotopic (exact) mass is 384 g/mol. The van der Waals surface area contributed by atoms with Gasteiger partial charge in [0.1, 0.15) is 11.5 Å². The minimum atomic E-state index is -0.482. The summed E-state index contributed by atoms with van der Waals surface area (Å²) in [5.74, 6) is 1.19. The number of hydrogen-bond donors (Lipinski definition) is 1. The number of carbonyl (C=O) groups excluding carboxylic acids is 1. The molecule has 2 heterocycles. The second-order valence-corrected chi connectivity index (χ2v) is 7.52. The van der Waals surface area contributed by atoms with Gasteiger partial charge in [-0.3, -0.25) is 14.5 Å². The van der Waals surface area contributed by atoms with Crippen LogP contribution in [0.4, 0.5) is 0 Å². The fourth-order valence-corrected chi connectivity index (χ4v) is 3.73. The summed E-state index contributed by atoms with van der Waals surface area (Å²) in [5, 5.41) is 5.16. The van der Waals surface area contributed by atoms with Crippen molar-refractivity contribution in [2.45, 2.75) is 18.3 Å². The van der Waals surface area contributed by atoms with Gasteiger partial charge in [-0.2, -0.15) is 5.10 Å². The summed E-state index contributed by atoms with van der Waals surface area (Å²) < 4.78 is 7.90. The fourth-order valence-electron chi connectivity index (χ4n) is 3.73. The van der Waals surface area contributed by atoms with Crippen molar-refractivity contribution in [2.75, 3.05) is 0 Å². The van der Waals surface area contributed by atoms with Crippen LogP contribution < -0.4 is 10.5 Å². The van der Waals surface area contributed by atoms with Crippen LogP contribution in [0.2, 0.25) is 0 Å². The average molecular weight is 384 g/mol. The molecule has 2 aromatic heterocycles. The Morgan fingerprint density at radius 3 is 2.55 bits per heavy atom. The average Bonchev–Trinajstić information content (AvgIpc) is 3.44. The molecule has 1 saturated carbocycles. The summed E-state index contributed by atoms with van der Waals surface area (Å²) in [6.07, 6.45) is 7.18. The number of amides is 1. The van der Waals surface area contributed by atoms with Crippen LogP contribution in [-0.4, -0.2) is 20.7 Å². The predicted octanol–water partition coefficient (Wildman–Crippen LogP) is 3.94. The zero-order chi connectivity index (χ0) is 20.0. The first-order chi connectivity index (χ1) is 14.0. The predicted molar refractivity (Wildman–Crippen MR) is 111 cm³/mol. The lowest BCUT2D eigenvalue weighted by Crippen LogP contribution is -2.28. The summed E-state index contributed by atoms with van der Waals surface area (Å²) in [6, 6.07) is 15.6. The van der Waals surface area contributed by atoms with Crippen molar-refractivity contribution in [1.82, 2.24) is 14.8 Å². The van der Waals surface area contributed by atoms with E-state index in [4.69, 9.17) is 10.5 Å². The summed E-state index contributed by atoms with van der Waals surface area (Å²) in [5.41, 5.74) is 8.99. The van der Waals surface area contributed by atoms with Crippen molar-refractivity contribution in [2.24, 2.45) is 12.8 Å².